The number of carbonyl (C=O) groups is 2. The lowest BCUT2D eigenvalue weighted by Gasteiger charge is -2.37. The average Bonchev–Trinajstić information content (AvgIpc) is 3.02. The van der Waals surface area contributed by atoms with Gasteiger partial charge in [0.2, 0.25) is 0 Å². The second-order valence-corrected chi connectivity index (χ2v) is 10.6. The maximum Gasteiger partial charge on any atom is 0.407 e. The minimum atomic E-state index is -0.952. The quantitative estimate of drug-likeness (QED) is 0.322. The Hall–Kier alpha value is -4.29. The first-order chi connectivity index (χ1) is 20.9. The minimum Gasteiger partial charge on any atom is -0.497 e. The molecule has 3 heterocycles. The maximum atomic E-state index is 13.3. The zero-order valence-electron chi connectivity index (χ0n) is 24.5. The van der Waals surface area contributed by atoms with Gasteiger partial charge in [-0.25, -0.2) is 4.79 Å². The van der Waals surface area contributed by atoms with Gasteiger partial charge in [0.25, 0.3) is 11.5 Å². The Morgan fingerprint density at radius 2 is 1.79 bits per heavy atom. The van der Waals surface area contributed by atoms with Gasteiger partial charge in [0.15, 0.2) is 11.5 Å². The first kappa shape index (κ1) is 30.2. The van der Waals surface area contributed by atoms with Crippen LogP contribution in [0.2, 0.25) is 0 Å². The van der Waals surface area contributed by atoms with Crippen molar-refractivity contribution in [1.29, 1.82) is 0 Å². The van der Waals surface area contributed by atoms with E-state index in [1.54, 1.807) is 37.0 Å². The van der Waals surface area contributed by atoms with E-state index >= 15 is 0 Å². The van der Waals surface area contributed by atoms with Gasteiger partial charge in [0, 0.05) is 69.9 Å². The van der Waals surface area contributed by atoms with E-state index in [1.165, 1.54) is 11.0 Å². The number of rotatable bonds is 11. The fourth-order valence-electron chi connectivity index (χ4n) is 5.70. The highest BCUT2D eigenvalue weighted by molar-refractivity contribution is 6.06. The van der Waals surface area contributed by atoms with Gasteiger partial charge in [-0.15, -0.1) is 0 Å². The number of carbonyl (C=O) groups excluding carboxylic acids is 1. The fraction of sp³-hybridized carbons (Fsp3) is 0.452. The number of pyridine rings is 1. The van der Waals surface area contributed by atoms with Gasteiger partial charge in [0.05, 0.1) is 24.8 Å². The summed E-state index contributed by atoms with van der Waals surface area (Å²) in [5.41, 5.74) is 1.51. The van der Waals surface area contributed by atoms with Gasteiger partial charge in [0.1, 0.15) is 19.0 Å². The van der Waals surface area contributed by atoms with Crippen molar-refractivity contribution >= 4 is 22.9 Å². The molecule has 2 aliphatic heterocycles. The highest BCUT2D eigenvalue weighted by atomic mass is 16.6. The van der Waals surface area contributed by atoms with E-state index in [4.69, 9.17) is 18.9 Å². The van der Waals surface area contributed by atoms with Crippen molar-refractivity contribution in [2.75, 3.05) is 60.2 Å². The molecule has 12 heteroatoms. The smallest absolute Gasteiger partial charge is 0.407 e. The standard InChI is InChI=1S/C31H38N4O8/c1-40-14-9-32-30(37)25-19-29(36)34(26-18-23(41-2)4-5-24(25)26)13-12-33-10-7-22(8-11-33)35(31(38)39)20-21-3-6-27-28(17-21)43-16-15-42-27/h3-6,17-19,22H,7-16,20H2,1-2H3,(H,32,37)(H,38,39). The number of hydrogen-bond donors (Lipinski definition) is 2. The fourth-order valence-corrected chi connectivity index (χ4v) is 5.70. The number of aromatic nitrogens is 1. The molecule has 43 heavy (non-hydrogen) atoms. The van der Waals surface area contributed by atoms with E-state index < -0.39 is 6.09 Å². The molecule has 0 unspecified atom stereocenters. The van der Waals surface area contributed by atoms with Crippen LogP contribution in [0.3, 0.4) is 0 Å². The van der Waals surface area contributed by atoms with E-state index in [9.17, 15) is 19.5 Å². The molecule has 1 fully saturated rings. The summed E-state index contributed by atoms with van der Waals surface area (Å²) >= 11 is 0. The second kappa shape index (κ2) is 13.8. The molecule has 0 radical (unpaired) electrons. The molecule has 0 atom stereocenters. The molecule has 0 saturated carbocycles. The van der Waals surface area contributed by atoms with Gasteiger partial charge < -0.3 is 43.7 Å². The topological polar surface area (TPSA) is 132 Å². The molecule has 1 saturated heterocycles. The monoisotopic (exact) mass is 594 g/mol. The van der Waals surface area contributed by atoms with E-state index in [1.807, 2.05) is 18.2 Å². The normalized spacial score (nSPS) is 15.3. The van der Waals surface area contributed by atoms with Crippen molar-refractivity contribution in [3.05, 3.63) is 63.9 Å². The Labute approximate surface area is 249 Å². The SMILES string of the molecule is COCCNC(=O)c1cc(=O)n(CCN2CCC(N(Cc3ccc4c(c3)OCCO4)C(=O)O)CC2)c2cc(OC)ccc12. The first-order valence-electron chi connectivity index (χ1n) is 14.5. The second-order valence-electron chi connectivity index (χ2n) is 10.6. The molecular formula is C31H38N4O8. The van der Waals surface area contributed by atoms with Crippen LogP contribution in [0.15, 0.2) is 47.3 Å². The van der Waals surface area contributed by atoms with Crippen LogP contribution in [0.1, 0.15) is 28.8 Å². The Bertz CT molecular complexity index is 1520. The van der Waals surface area contributed by atoms with Crippen molar-refractivity contribution < 1.29 is 33.6 Å². The molecule has 0 aliphatic carbocycles. The molecule has 2 amide bonds. The Morgan fingerprint density at radius 3 is 2.51 bits per heavy atom. The van der Waals surface area contributed by atoms with Gasteiger partial charge in [-0.3, -0.25) is 9.59 Å². The summed E-state index contributed by atoms with van der Waals surface area (Å²) < 4.78 is 23.3. The molecule has 3 aromatic rings. The molecule has 1 aromatic heterocycles. The summed E-state index contributed by atoms with van der Waals surface area (Å²) in [6, 6.07) is 12.2. The lowest BCUT2D eigenvalue weighted by Crippen LogP contribution is -2.47. The number of likely N-dealkylation sites (tertiary alicyclic amines) is 1. The van der Waals surface area contributed by atoms with E-state index in [0.29, 0.717) is 99.1 Å². The van der Waals surface area contributed by atoms with Gasteiger partial charge >= 0.3 is 6.09 Å². The molecule has 12 nitrogen and oxygen atoms in total. The lowest BCUT2D eigenvalue weighted by atomic mass is 10.0. The number of ether oxygens (including phenoxy) is 4. The van der Waals surface area contributed by atoms with Crippen molar-refractivity contribution in [2.45, 2.75) is 32.0 Å². The van der Waals surface area contributed by atoms with E-state index in [-0.39, 0.29) is 24.1 Å². The van der Waals surface area contributed by atoms with Crippen LogP contribution in [0, 0.1) is 0 Å². The third-order valence-electron chi connectivity index (χ3n) is 8.00. The van der Waals surface area contributed by atoms with Crippen LogP contribution in [0.5, 0.6) is 17.2 Å². The molecule has 5 rings (SSSR count). The number of fused-ring (bicyclic) bond motifs is 2. The zero-order valence-corrected chi connectivity index (χ0v) is 24.5. The molecule has 2 aliphatic rings. The van der Waals surface area contributed by atoms with E-state index in [0.717, 1.165) is 5.56 Å². The first-order valence-corrected chi connectivity index (χ1v) is 14.5. The number of piperidine rings is 1. The Kier molecular flexibility index (Phi) is 9.68. The van der Waals surface area contributed by atoms with Crippen molar-refractivity contribution in [3.8, 4) is 17.2 Å². The van der Waals surface area contributed by atoms with Gasteiger partial charge in [-0.2, -0.15) is 0 Å². The number of methoxy groups -OCH3 is 2. The highest BCUT2D eigenvalue weighted by Gasteiger charge is 2.28. The van der Waals surface area contributed by atoms with Crippen LogP contribution in [0.4, 0.5) is 4.79 Å². The molecular weight excluding hydrogens is 556 g/mol. The number of benzene rings is 2. The summed E-state index contributed by atoms with van der Waals surface area (Å²) in [5.74, 6) is 1.57. The zero-order chi connectivity index (χ0) is 30.3. The summed E-state index contributed by atoms with van der Waals surface area (Å²) in [5, 5.41) is 13.5. The lowest BCUT2D eigenvalue weighted by molar-refractivity contribution is 0.0855. The third-order valence-corrected chi connectivity index (χ3v) is 8.00. The largest absolute Gasteiger partial charge is 0.497 e. The van der Waals surface area contributed by atoms with Crippen molar-refractivity contribution in [1.82, 2.24) is 19.7 Å². The van der Waals surface area contributed by atoms with Crippen molar-refractivity contribution in [2.24, 2.45) is 0 Å². The van der Waals surface area contributed by atoms with Crippen LogP contribution < -0.4 is 25.1 Å². The number of nitrogens with zero attached hydrogens (tertiary/aromatic N) is 3. The summed E-state index contributed by atoms with van der Waals surface area (Å²) in [6.07, 6.45) is 0.411. The maximum absolute atomic E-state index is 13.3. The van der Waals surface area contributed by atoms with Crippen molar-refractivity contribution in [3.63, 3.8) is 0 Å². The highest BCUT2D eigenvalue weighted by Crippen LogP contribution is 2.32. The number of amides is 2. The summed E-state index contributed by atoms with van der Waals surface area (Å²) in [4.78, 5) is 42.1. The molecule has 2 N–H and O–H groups in total. The van der Waals surface area contributed by atoms with Crippen LogP contribution in [-0.4, -0.2) is 97.7 Å². The van der Waals surface area contributed by atoms with Crippen LogP contribution >= 0.6 is 0 Å². The van der Waals surface area contributed by atoms with E-state index in [2.05, 4.69) is 10.2 Å². The Morgan fingerprint density at radius 1 is 1.02 bits per heavy atom. The summed E-state index contributed by atoms with van der Waals surface area (Å²) in [7, 11) is 3.12. The molecule has 0 bridgehead atoms. The third kappa shape index (κ3) is 7.03. The molecule has 2 aromatic carbocycles. The van der Waals surface area contributed by atoms with Crippen LogP contribution in [0.25, 0.3) is 10.9 Å². The van der Waals surface area contributed by atoms with Gasteiger partial charge in [-0.1, -0.05) is 6.07 Å². The number of hydrogen-bond acceptors (Lipinski definition) is 8. The number of carboxylic acid groups (broad SMARTS) is 1. The van der Waals surface area contributed by atoms with Crippen LogP contribution in [-0.2, 0) is 17.8 Å². The number of nitrogens with one attached hydrogen (secondary N) is 1. The minimum absolute atomic E-state index is 0.120. The average molecular weight is 595 g/mol. The van der Waals surface area contributed by atoms with Gasteiger partial charge in [-0.05, 0) is 42.7 Å². The predicted molar refractivity (Wildman–Crippen MR) is 159 cm³/mol. The molecule has 230 valence electrons. The summed E-state index contributed by atoms with van der Waals surface area (Å²) in [6.45, 7) is 4.37. The predicted octanol–water partition coefficient (Wildman–Crippen LogP) is 2.80. The molecule has 0 spiro atoms. The Balaban J connectivity index is 1.24.